The molecule has 2 aromatic carbocycles. The van der Waals surface area contributed by atoms with Gasteiger partial charge >= 0.3 is 0 Å². The molecule has 1 N–H and O–H groups in total. The molecule has 0 spiro atoms. The number of hydrogen-bond donors (Lipinski definition) is 1. The van der Waals surface area contributed by atoms with Gasteiger partial charge in [0.25, 0.3) is 0 Å². The molecule has 4 rings (SSSR count). The van der Waals surface area contributed by atoms with Crippen molar-refractivity contribution in [1.29, 1.82) is 0 Å². The number of nitrogens with one attached hydrogen (secondary N) is 1. The Kier molecular flexibility index (Phi) is 7.28. The predicted molar refractivity (Wildman–Crippen MR) is 129 cm³/mol. The number of fused-ring (bicyclic) bond motifs is 1. The van der Waals surface area contributed by atoms with Crippen LogP contribution in [0.3, 0.4) is 0 Å². The van der Waals surface area contributed by atoms with Gasteiger partial charge in [-0.05, 0) is 49.4 Å². The number of piperidine rings is 1. The number of ether oxygens (including phenoxy) is 1. The second kappa shape index (κ2) is 10.0. The van der Waals surface area contributed by atoms with Crippen molar-refractivity contribution in [1.82, 2.24) is 9.62 Å². The third-order valence-electron chi connectivity index (χ3n) is 7.28. The molecular formula is C26H33FN2O4S. The summed E-state index contributed by atoms with van der Waals surface area (Å²) in [6, 6.07) is 13.2. The number of carbonyl (C=O) groups is 1. The number of sulfonamides is 1. The topological polar surface area (TPSA) is 75.7 Å². The van der Waals surface area contributed by atoms with Crippen LogP contribution in [0.15, 0.2) is 48.5 Å². The molecule has 2 aromatic rings. The molecule has 34 heavy (non-hydrogen) atoms. The fourth-order valence-corrected chi connectivity index (χ4v) is 6.56. The Balaban J connectivity index is 1.38. The summed E-state index contributed by atoms with van der Waals surface area (Å²) in [7, 11) is -3.53. The monoisotopic (exact) mass is 488 g/mol. The maximum absolute atomic E-state index is 13.2. The predicted octanol–water partition coefficient (Wildman–Crippen LogP) is 4.57. The number of halogens is 1. The summed E-state index contributed by atoms with van der Waals surface area (Å²) in [6.45, 7) is 4.83. The summed E-state index contributed by atoms with van der Waals surface area (Å²) in [5.74, 6) is 0.00192. The van der Waals surface area contributed by atoms with Crippen LogP contribution in [0.5, 0.6) is 5.75 Å². The van der Waals surface area contributed by atoms with Crippen LogP contribution < -0.4 is 10.1 Å². The molecule has 1 amide bonds. The van der Waals surface area contributed by atoms with E-state index in [4.69, 9.17) is 4.74 Å². The van der Waals surface area contributed by atoms with Gasteiger partial charge in [0, 0.05) is 31.0 Å². The maximum Gasteiger partial charge on any atom is 0.223 e. The molecule has 0 aromatic heterocycles. The zero-order chi connectivity index (χ0) is 24.3. The van der Waals surface area contributed by atoms with Crippen LogP contribution in [0.2, 0.25) is 0 Å². The van der Waals surface area contributed by atoms with Crippen LogP contribution in [0, 0.1) is 11.7 Å². The third-order valence-corrected chi connectivity index (χ3v) is 9.13. The Hall–Kier alpha value is -2.45. The van der Waals surface area contributed by atoms with E-state index < -0.39 is 15.8 Å². The van der Waals surface area contributed by atoms with E-state index in [0.717, 1.165) is 24.2 Å². The first kappa shape index (κ1) is 24.7. The molecule has 184 valence electrons. The minimum atomic E-state index is -3.53. The van der Waals surface area contributed by atoms with Crippen LogP contribution in [0.1, 0.15) is 63.1 Å². The number of nitrogens with zero attached hydrogens (tertiary/aromatic N) is 1. The fraction of sp³-hybridized carbons (Fsp3) is 0.500. The highest BCUT2D eigenvalue weighted by Gasteiger charge is 2.40. The molecule has 0 bridgehead atoms. The van der Waals surface area contributed by atoms with E-state index in [2.05, 4.69) is 19.2 Å². The molecule has 1 saturated heterocycles. The fourth-order valence-electron chi connectivity index (χ4n) is 5.00. The van der Waals surface area contributed by atoms with Gasteiger partial charge in [0.1, 0.15) is 17.2 Å². The van der Waals surface area contributed by atoms with E-state index >= 15 is 0 Å². The minimum Gasteiger partial charge on any atom is -0.487 e. The van der Waals surface area contributed by atoms with Gasteiger partial charge < -0.3 is 10.1 Å². The van der Waals surface area contributed by atoms with Crippen LogP contribution in [0.4, 0.5) is 4.39 Å². The van der Waals surface area contributed by atoms with Gasteiger partial charge in [0.2, 0.25) is 15.9 Å². The van der Waals surface area contributed by atoms with Crippen molar-refractivity contribution in [3.8, 4) is 5.75 Å². The average Bonchev–Trinajstić information content (AvgIpc) is 2.85. The number of amides is 1. The lowest BCUT2D eigenvalue weighted by atomic mass is 9.83. The highest BCUT2D eigenvalue weighted by molar-refractivity contribution is 7.88. The van der Waals surface area contributed by atoms with E-state index in [0.29, 0.717) is 37.9 Å². The lowest BCUT2D eigenvalue weighted by Crippen LogP contribution is -2.47. The van der Waals surface area contributed by atoms with Gasteiger partial charge in [-0.1, -0.05) is 44.2 Å². The van der Waals surface area contributed by atoms with Gasteiger partial charge in [0.15, 0.2) is 0 Å². The van der Waals surface area contributed by atoms with Crippen LogP contribution in [0.25, 0.3) is 0 Å². The Labute approximate surface area is 201 Å². The normalized spacial score (nSPS) is 20.9. The maximum atomic E-state index is 13.2. The van der Waals surface area contributed by atoms with Crippen molar-refractivity contribution < 1.29 is 22.3 Å². The number of hydrogen-bond acceptors (Lipinski definition) is 4. The molecule has 2 heterocycles. The van der Waals surface area contributed by atoms with Gasteiger partial charge in [-0.3, -0.25) is 4.79 Å². The zero-order valence-corrected chi connectivity index (χ0v) is 20.6. The second-order valence-corrected chi connectivity index (χ2v) is 11.3. The zero-order valence-electron chi connectivity index (χ0n) is 19.8. The van der Waals surface area contributed by atoms with Crippen molar-refractivity contribution in [3.05, 3.63) is 65.5 Å². The van der Waals surface area contributed by atoms with Crippen LogP contribution >= 0.6 is 0 Å². The van der Waals surface area contributed by atoms with Crippen molar-refractivity contribution >= 4 is 15.9 Å². The first-order chi connectivity index (χ1) is 16.2. The van der Waals surface area contributed by atoms with E-state index in [1.54, 1.807) is 0 Å². The molecule has 0 radical (unpaired) electrons. The van der Waals surface area contributed by atoms with Crippen molar-refractivity contribution in [2.75, 3.05) is 13.1 Å². The van der Waals surface area contributed by atoms with Gasteiger partial charge in [-0.2, -0.15) is 0 Å². The van der Waals surface area contributed by atoms with Gasteiger partial charge in [0.05, 0.1) is 11.8 Å². The van der Waals surface area contributed by atoms with Gasteiger partial charge in [-0.25, -0.2) is 17.1 Å². The summed E-state index contributed by atoms with van der Waals surface area (Å²) in [4.78, 5) is 13.2. The summed E-state index contributed by atoms with van der Waals surface area (Å²) in [6.07, 6.45) is 3.38. The molecule has 2 aliphatic rings. The van der Waals surface area contributed by atoms with E-state index in [1.807, 2.05) is 24.3 Å². The van der Waals surface area contributed by atoms with Crippen molar-refractivity contribution in [3.63, 3.8) is 0 Å². The van der Waals surface area contributed by atoms with Crippen molar-refractivity contribution in [2.24, 2.45) is 5.92 Å². The molecule has 0 aliphatic carbocycles. The van der Waals surface area contributed by atoms with Crippen molar-refractivity contribution in [2.45, 2.75) is 63.3 Å². The molecule has 1 fully saturated rings. The summed E-state index contributed by atoms with van der Waals surface area (Å²) in [5, 5.41) is 3.24. The standard InChI is InChI=1S/C26H33FN2O4S/c1-3-26(4-2)17-23(22-7-5-6-8-24(22)33-26)28-25(30)20-13-15-29(16-14-20)34(31,32)18-19-9-11-21(27)12-10-19/h5-12,20,23H,3-4,13-18H2,1-2H3,(H,28,30)/t23-/m1/s1. The SMILES string of the molecule is CCC1(CC)C[C@@H](NC(=O)C2CCN(S(=O)(=O)Cc3ccc(F)cc3)CC2)c2ccccc2O1. The molecule has 8 heteroatoms. The number of benzene rings is 2. The molecule has 0 unspecified atom stereocenters. The van der Waals surface area contributed by atoms with E-state index in [9.17, 15) is 17.6 Å². The first-order valence-electron chi connectivity index (χ1n) is 12.1. The number of carbonyl (C=O) groups excluding carboxylic acids is 1. The highest BCUT2D eigenvalue weighted by Crippen LogP contribution is 2.42. The van der Waals surface area contributed by atoms with Crippen LogP contribution in [-0.4, -0.2) is 37.3 Å². The van der Waals surface area contributed by atoms with Crippen LogP contribution in [-0.2, 0) is 20.6 Å². The Morgan fingerprint density at radius 3 is 2.38 bits per heavy atom. The highest BCUT2D eigenvalue weighted by atomic mass is 32.2. The first-order valence-corrected chi connectivity index (χ1v) is 13.7. The Bertz CT molecular complexity index is 1110. The summed E-state index contributed by atoms with van der Waals surface area (Å²) >= 11 is 0. The minimum absolute atomic E-state index is 0.0293. The lowest BCUT2D eigenvalue weighted by Gasteiger charge is -2.42. The number of rotatable bonds is 7. The quantitative estimate of drug-likeness (QED) is 0.620. The molecular weight excluding hydrogens is 455 g/mol. The number of para-hydroxylation sites is 1. The average molecular weight is 489 g/mol. The van der Waals surface area contributed by atoms with Gasteiger partial charge in [-0.15, -0.1) is 0 Å². The molecule has 2 aliphatic heterocycles. The van der Waals surface area contributed by atoms with E-state index in [-0.39, 0.29) is 29.2 Å². The second-order valence-electron chi connectivity index (χ2n) is 9.35. The smallest absolute Gasteiger partial charge is 0.223 e. The molecule has 1 atom stereocenters. The van der Waals surface area contributed by atoms with E-state index in [1.165, 1.54) is 28.6 Å². The Morgan fingerprint density at radius 1 is 1.09 bits per heavy atom. The summed E-state index contributed by atoms with van der Waals surface area (Å²) < 4.78 is 46.6. The lowest BCUT2D eigenvalue weighted by molar-refractivity contribution is -0.127. The largest absolute Gasteiger partial charge is 0.487 e. The third kappa shape index (κ3) is 5.28. The molecule has 0 saturated carbocycles. The summed E-state index contributed by atoms with van der Waals surface area (Å²) in [5.41, 5.74) is 1.24. The Morgan fingerprint density at radius 2 is 1.74 bits per heavy atom. The molecule has 6 nitrogen and oxygen atoms in total.